The van der Waals surface area contributed by atoms with Crippen LogP contribution < -0.4 is 0 Å². The molecule has 138 valence electrons. The average molecular weight is 368 g/mol. The quantitative estimate of drug-likeness (QED) is 0.529. The minimum absolute atomic E-state index is 0.120. The monoisotopic (exact) mass is 368 g/mol. The number of hydrogen-bond acceptors (Lipinski definition) is 4. The van der Waals surface area contributed by atoms with Crippen LogP contribution in [0, 0.1) is 13.8 Å². The highest BCUT2D eigenvalue weighted by molar-refractivity contribution is 5.98. The lowest BCUT2D eigenvalue weighted by atomic mass is 9.82. The highest BCUT2D eigenvalue weighted by Crippen LogP contribution is 2.32. The minimum atomic E-state index is 0.120. The number of rotatable bonds is 2. The first-order valence-corrected chi connectivity index (χ1v) is 9.50. The van der Waals surface area contributed by atoms with Gasteiger partial charge in [0.1, 0.15) is 0 Å². The molecule has 0 radical (unpaired) electrons. The van der Waals surface area contributed by atoms with Crippen molar-refractivity contribution in [2.24, 2.45) is 0 Å². The Labute approximate surface area is 163 Å². The minimum Gasteiger partial charge on any atom is -0.294 e. The lowest BCUT2D eigenvalue weighted by Gasteiger charge is -2.23. The Morgan fingerprint density at radius 3 is 2.57 bits per heavy atom. The largest absolute Gasteiger partial charge is 0.294 e. The number of aryl methyl sites for hydroxylation is 2. The molecular weight excluding hydrogens is 348 g/mol. The first kappa shape index (κ1) is 16.8. The summed E-state index contributed by atoms with van der Waals surface area (Å²) >= 11 is 0. The molecule has 5 rings (SSSR count). The number of benzene rings is 2. The zero-order valence-electron chi connectivity index (χ0n) is 15.9. The molecule has 0 unspecified atom stereocenters. The van der Waals surface area contributed by atoms with E-state index >= 15 is 0 Å². The number of carbonyl (C=O) groups is 1. The summed E-state index contributed by atoms with van der Waals surface area (Å²) in [4.78, 5) is 22.1. The van der Waals surface area contributed by atoms with Crippen molar-refractivity contribution < 1.29 is 4.79 Å². The molecule has 0 amide bonds. The van der Waals surface area contributed by atoms with E-state index in [1.54, 1.807) is 10.7 Å². The highest BCUT2D eigenvalue weighted by atomic mass is 16.1. The van der Waals surface area contributed by atoms with Gasteiger partial charge >= 0.3 is 0 Å². The summed E-state index contributed by atoms with van der Waals surface area (Å²) in [7, 11) is 0. The molecule has 0 fully saturated rings. The molecular formula is C23H20N4O. The van der Waals surface area contributed by atoms with Gasteiger partial charge in [-0.25, -0.2) is 9.50 Å². The summed E-state index contributed by atoms with van der Waals surface area (Å²) in [6, 6.07) is 16.5. The van der Waals surface area contributed by atoms with E-state index in [1.807, 2.05) is 37.3 Å². The van der Waals surface area contributed by atoms with Gasteiger partial charge < -0.3 is 0 Å². The fraction of sp³-hybridized carbons (Fsp3) is 0.217. The SMILES string of the molecule is Cc1ccc(-c2nc3nc4c(cn3n2)C(=O)C[C@@H](c2cccc(C)c2)C4)cc1. The van der Waals surface area contributed by atoms with Crippen molar-refractivity contribution in [2.45, 2.75) is 32.6 Å². The van der Waals surface area contributed by atoms with E-state index < -0.39 is 0 Å². The Morgan fingerprint density at radius 1 is 0.964 bits per heavy atom. The Morgan fingerprint density at radius 2 is 1.79 bits per heavy atom. The van der Waals surface area contributed by atoms with E-state index in [0.717, 1.165) is 17.7 Å². The molecule has 0 saturated carbocycles. The van der Waals surface area contributed by atoms with E-state index in [9.17, 15) is 4.79 Å². The van der Waals surface area contributed by atoms with Gasteiger partial charge in [-0.15, -0.1) is 5.10 Å². The molecule has 5 heteroatoms. The summed E-state index contributed by atoms with van der Waals surface area (Å²) < 4.78 is 1.62. The van der Waals surface area contributed by atoms with Gasteiger partial charge in [-0.2, -0.15) is 4.98 Å². The lowest BCUT2D eigenvalue weighted by molar-refractivity contribution is 0.0962. The van der Waals surface area contributed by atoms with Crippen molar-refractivity contribution in [2.75, 3.05) is 0 Å². The fourth-order valence-electron chi connectivity index (χ4n) is 3.87. The standard InChI is InChI=1S/C23H20N4O/c1-14-6-8-16(9-7-14)22-25-23-24-20-11-18(17-5-3-4-15(2)10-17)12-21(28)19(20)13-27(23)26-22/h3-10,13,18H,11-12H2,1-2H3/t18-/m0/s1. The summed E-state index contributed by atoms with van der Waals surface area (Å²) in [6.07, 6.45) is 3.04. The van der Waals surface area contributed by atoms with Crippen LogP contribution in [0.15, 0.2) is 54.7 Å². The molecule has 5 nitrogen and oxygen atoms in total. The maximum Gasteiger partial charge on any atom is 0.252 e. The number of carbonyl (C=O) groups excluding carboxylic acids is 1. The normalized spacial score (nSPS) is 16.4. The van der Waals surface area contributed by atoms with Gasteiger partial charge in [-0.05, 0) is 31.7 Å². The van der Waals surface area contributed by atoms with Crippen molar-refractivity contribution in [1.82, 2.24) is 19.6 Å². The predicted molar refractivity (Wildman–Crippen MR) is 108 cm³/mol. The number of nitrogens with zero attached hydrogens (tertiary/aromatic N) is 4. The second-order valence-electron chi connectivity index (χ2n) is 7.59. The molecule has 1 aliphatic rings. The van der Waals surface area contributed by atoms with Crippen LogP contribution in [0.2, 0.25) is 0 Å². The number of aromatic nitrogens is 4. The lowest BCUT2D eigenvalue weighted by Crippen LogP contribution is -2.21. The van der Waals surface area contributed by atoms with Gasteiger partial charge in [-0.3, -0.25) is 4.79 Å². The third-order valence-electron chi connectivity index (χ3n) is 5.41. The molecule has 0 aliphatic heterocycles. The van der Waals surface area contributed by atoms with E-state index in [2.05, 4.69) is 35.2 Å². The van der Waals surface area contributed by atoms with Gasteiger partial charge in [-0.1, -0.05) is 59.7 Å². The van der Waals surface area contributed by atoms with E-state index in [4.69, 9.17) is 4.98 Å². The van der Waals surface area contributed by atoms with Gasteiger partial charge in [0.05, 0.1) is 11.3 Å². The van der Waals surface area contributed by atoms with Crippen LogP contribution in [-0.4, -0.2) is 25.4 Å². The van der Waals surface area contributed by atoms with Gasteiger partial charge in [0.25, 0.3) is 5.78 Å². The molecule has 2 aromatic heterocycles. The zero-order valence-corrected chi connectivity index (χ0v) is 15.9. The maximum atomic E-state index is 12.8. The van der Waals surface area contributed by atoms with Crippen molar-refractivity contribution in [3.05, 3.63) is 82.7 Å². The van der Waals surface area contributed by atoms with Crippen LogP contribution in [-0.2, 0) is 6.42 Å². The summed E-state index contributed by atoms with van der Waals surface area (Å²) in [6.45, 7) is 4.12. The summed E-state index contributed by atoms with van der Waals surface area (Å²) in [5.41, 5.74) is 6.02. The Kier molecular flexibility index (Phi) is 3.83. The molecule has 0 N–H and O–H groups in total. The smallest absolute Gasteiger partial charge is 0.252 e. The Hall–Kier alpha value is -3.34. The van der Waals surface area contributed by atoms with Crippen LogP contribution in [0.5, 0.6) is 0 Å². The van der Waals surface area contributed by atoms with Gasteiger partial charge in [0, 0.05) is 18.2 Å². The number of Topliss-reactive ketones (excluding diaryl/α,β-unsaturated/α-hetero) is 1. The Bertz CT molecular complexity index is 1210. The second kappa shape index (κ2) is 6.37. The molecule has 0 bridgehead atoms. The van der Waals surface area contributed by atoms with Crippen LogP contribution in [0.4, 0.5) is 0 Å². The summed E-state index contributed by atoms with van der Waals surface area (Å²) in [5.74, 6) is 1.44. The second-order valence-corrected chi connectivity index (χ2v) is 7.59. The molecule has 0 saturated heterocycles. The number of ketones is 1. The van der Waals surface area contributed by atoms with Crippen LogP contribution >= 0.6 is 0 Å². The predicted octanol–water partition coefficient (Wildman–Crippen LogP) is 4.32. The van der Waals surface area contributed by atoms with Crippen molar-refractivity contribution in [1.29, 1.82) is 0 Å². The van der Waals surface area contributed by atoms with E-state index in [1.165, 1.54) is 16.7 Å². The van der Waals surface area contributed by atoms with Crippen LogP contribution in [0.25, 0.3) is 17.2 Å². The number of fused-ring (bicyclic) bond motifs is 2. The average Bonchev–Trinajstić information content (AvgIpc) is 3.10. The topological polar surface area (TPSA) is 60.1 Å². The molecule has 4 aromatic rings. The molecule has 1 atom stereocenters. The molecule has 1 aliphatic carbocycles. The zero-order chi connectivity index (χ0) is 19.3. The highest BCUT2D eigenvalue weighted by Gasteiger charge is 2.28. The third kappa shape index (κ3) is 2.89. The van der Waals surface area contributed by atoms with Crippen LogP contribution in [0.3, 0.4) is 0 Å². The first-order chi connectivity index (χ1) is 13.6. The van der Waals surface area contributed by atoms with Gasteiger partial charge in [0.2, 0.25) is 0 Å². The fourth-order valence-corrected chi connectivity index (χ4v) is 3.87. The molecule has 2 heterocycles. The van der Waals surface area contributed by atoms with E-state index in [-0.39, 0.29) is 11.7 Å². The first-order valence-electron chi connectivity index (χ1n) is 9.50. The third-order valence-corrected chi connectivity index (χ3v) is 5.41. The Balaban J connectivity index is 1.55. The van der Waals surface area contributed by atoms with Crippen LogP contribution in [0.1, 0.15) is 45.1 Å². The number of hydrogen-bond donors (Lipinski definition) is 0. The van der Waals surface area contributed by atoms with Crippen molar-refractivity contribution in [3.63, 3.8) is 0 Å². The molecule has 0 spiro atoms. The molecule has 28 heavy (non-hydrogen) atoms. The van der Waals surface area contributed by atoms with Crippen molar-refractivity contribution in [3.8, 4) is 11.4 Å². The van der Waals surface area contributed by atoms with E-state index in [0.29, 0.717) is 23.6 Å². The maximum absolute atomic E-state index is 12.8. The summed E-state index contributed by atoms with van der Waals surface area (Å²) in [5, 5.41) is 4.53. The molecule has 2 aromatic carbocycles. The van der Waals surface area contributed by atoms with Crippen molar-refractivity contribution >= 4 is 11.6 Å². The van der Waals surface area contributed by atoms with Gasteiger partial charge in [0.15, 0.2) is 11.6 Å².